The second-order valence-corrected chi connectivity index (χ2v) is 7.37. The lowest BCUT2D eigenvalue weighted by atomic mass is 9.92. The Bertz CT molecular complexity index is 526. The lowest BCUT2D eigenvalue weighted by Gasteiger charge is -2.34. The highest BCUT2D eigenvalue weighted by atomic mass is 32.1. The van der Waals surface area contributed by atoms with Crippen LogP contribution < -0.4 is 5.32 Å². The van der Waals surface area contributed by atoms with Crippen LogP contribution in [0.2, 0.25) is 0 Å². The number of carbonyl (C=O) groups excluding carboxylic acids is 1. The third kappa shape index (κ3) is 3.87. The molecule has 2 amide bonds. The van der Waals surface area contributed by atoms with E-state index in [2.05, 4.69) is 16.8 Å². The molecule has 2 heterocycles. The van der Waals surface area contributed by atoms with Crippen molar-refractivity contribution in [2.45, 2.75) is 50.4 Å². The standard InChI is InChI=1S/C17H26N2O3S/c1-19(12-3-5-13(21-2)6-4-12)17(20)18-11-15-14-8-10-23-16(14)7-9-22-15/h8,10,12-13,15H,3-7,9,11H2,1-2H3,(H,18,20)/t12?,13?,15-/m1/s1. The summed E-state index contributed by atoms with van der Waals surface area (Å²) in [6.07, 6.45) is 5.42. The fourth-order valence-corrected chi connectivity index (χ4v) is 4.45. The highest BCUT2D eigenvalue weighted by Crippen LogP contribution is 2.30. The minimum atomic E-state index is -0.00780. The summed E-state index contributed by atoms with van der Waals surface area (Å²) >= 11 is 1.78. The summed E-state index contributed by atoms with van der Waals surface area (Å²) in [5.41, 5.74) is 1.24. The van der Waals surface area contributed by atoms with Crippen molar-refractivity contribution in [1.82, 2.24) is 10.2 Å². The molecule has 128 valence electrons. The van der Waals surface area contributed by atoms with Crippen molar-refractivity contribution >= 4 is 17.4 Å². The number of nitrogens with one attached hydrogen (secondary N) is 1. The molecule has 1 aliphatic carbocycles. The smallest absolute Gasteiger partial charge is 0.317 e. The molecule has 1 atom stereocenters. The van der Waals surface area contributed by atoms with Crippen LogP contribution in [0.5, 0.6) is 0 Å². The van der Waals surface area contributed by atoms with Gasteiger partial charge in [0.2, 0.25) is 0 Å². The van der Waals surface area contributed by atoms with Crippen molar-refractivity contribution < 1.29 is 14.3 Å². The molecule has 23 heavy (non-hydrogen) atoms. The van der Waals surface area contributed by atoms with Crippen LogP contribution in [0.1, 0.15) is 42.2 Å². The van der Waals surface area contributed by atoms with Gasteiger partial charge in [-0.05, 0) is 42.7 Å². The first-order valence-corrected chi connectivity index (χ1v) is 9.28. The third-order valence-electron chi connectivity index (χ3n) is 5.06. The van der Waals surface area contributed by atoms with Crippen LogP contribution >= 0.6 is 11.3 Å². The Morgan fingerprint density at radius 1 is 1.43 bits per heavy atom. The summed E-state index contributed by atoms with van der Waals surface area (Å²) in [5, 5.41) is 5.15. The van der Waals surface area contributed by atoms with Crippen LogP contribution in [-0.2, 0) is 15.9 Å². The Hall–Kier alpha value is -1.11. The number of hydrogen-bond acceptors (Lipinski definition) is 4. The molecule has 0 saturated heterocycles. The zero-order valence-electron chi connectivity index (χ0n) is 13.9. The van der Waals surface area contributed by atoms with Gasteiger partial charge in [0.05, 0.1) is 12.7 Å². The third-order valence-corrected chi connectivity index (χ3v) is 6.06. The fourth-order valence-electron chi connectivity index (χ4n) is 3.53. The Labute approximate surface area is 142 Å². The second kappa shape index (κ2) is 7.64. The number of amides is 2. The molecular weight excluding hydrogens is 312 g/mol. The quantitative estimate of drug-likeness (QED) is 0.918. The van der Waals surface area contributed by atoms with Gasteiger partial charge in [-0.3, -0.25) is 0 Å². The van der Waals surface area contributed by atoms with Gasteiger partial charge in [-0.25, -0.2) is 4.79 Å². The fraction of sp³-hybridized carbons (Fsp3) is 0.706. The highest BCUT2D eigenvalue weighted by Gasteiger charge is 2.27. The molecule has 2 aliphatic rings. The number of nitrogens with zero attached hydrogens (tertiary/aromatic N) is 1. The zero-order valence-corrected chi connectivity index (χ0v) is 14.7. The van der Waals surface area contributed by atoms with E-state index in [1.165, 1.54) is 10.4 Å². The maximum atomic E-state index is 12.4. The molecule has 0 bridgehead atoms. The van der Waals surface area contributed by atoms with Gasteiger partial charge in [0.25, 0.3) is 0 Å². The van der Waals surface area contributed by atoms with E-state index in [4.69, 9.17) is 9.47 Å². The molecule has 3 rings (SSSR count). The minimum Gasteiger partial charge on any atom is -0.381 e. The molecule has 5 nitrogen and oxygen atoms in total. The van der Waals surface area contributed by atoms with Crippen LogP contribution in [0.4, 0.5) is 4.79 Å². The van der Waals surface area contributed by atoms with E-state index < -0.39 is 0 Å². The minimum absolute atomic E-state index is 0.00294. The van der Waals surface area contributed by atoms with Gasteiger partial charge >= 0.3 is 6.03 Å². The molecular formula is C17H26N2O3S. The van der Waals surface area contributed by atoms with Crippen molar-refractivity contribution in [3.05, 3.63) is 21.9 Å². The highest BCUT2D eigenvalue weighted by molar-refractivity contribution is 7.10. The van der Waals surface area contributed by atoms with Crippen molar-refractivity contribution in [2.75, 3.05) is 27.3 Å². The molecule has 1 fully saturated rings. The van der Waals surface area contributed by atoms with E-state index in [0.717, 1.165) is 38.7 Å². The van der Waals surface area contributed by atoms with Gasteiger partial charge < -0.3 is 19.7 Å². The molecule has 1 N–H and O–H groups in total. The van der Waals surface area contributed by atoms with Crippen molar-refractivity contribution in [2.24, 2.45) is 0 Å². The van der Waals surface area contributed by atoms with Crippen molar-refractivity contribution in [1.29, 1.82) is 0 Å². The van der Waals surface area contributed by atoms with Gasteiger partial charge in [0, 0.05) is 38.0 Å². The number of fused-ring (bicyclic) bond motifs is 1. The Kier molecular flexibility index (Phi) is 5.56. The van der Waals surface area contributed by atoms with Crippen molar-refractivity contribution in [3.8, 4) is 0 Å². The van der Waals surface area contributed by atoms with Crippen LogP contribution in [0.15, 0.2) is 11.4 Å². The predicted octanol–water partition coefficient (Wildman–Crippen LogP) is 2.96. The molecule has 1 aromatic heterocycles. The summed E-state index contributed by atoms with van der Waals surface area (Å²) < 4.78 is 11.2. The molecule has 0 spiro atoms. The number of urea groups is 1. The Morgan fingerprint density at radius 3 is 2.96 bits per heavy atom. The van der Waals surface area contributed by atoms with Gasteiger partial charge in [-0.15, -0.1) is 11.3 Å². The van der Waals surface area contributed by atoms with Crippen molar-refractivity contribution in [3.63, 3.8) is 0 Å². The monoisotopic (exact) mass is 338 g/mol. The number of methoxy groups -OCH3 is 1. The number of carbonyl (C=O) groups is 1. The lowest BCUT2D eigenvalue weighted by molar-refractivity contribution is 0.0404. The van der Waals surface area contributed by atoms with Crippen LogP contribution in [0.25, 0.3) is 0 Å². The summed E-state index contributed by atoms with van der Waals surface area (Å²) in [7, 11) is 3.66. The number of hydrogen-bond donors (Lipinski definition) is 1. The number of thiophene rings is 1. The van der Waals surface area contributed by atoms with E-state index in [1.807, 2.05) is 11.9 Å². The summed E-state index contributed by atoms with van der Waals surface area (Å²) in [6, 6.07) is 2.42. The van der Waals surface area contributed by atoms with E-state index in [1.54, 1.807) is 18.4 Å². The van der Waals surface area contributed by atoms with Crippen LogP contribution in [-0.4, -0.2) is 50.4 Å². The van der Waals surface area contributed by atoms with E-state index >= 15 is 0 Å². The molecule has 1 aromatic rings. The van der Waals surface area contributed by atoms with E-state index in [9.17, 15) is 4.79 Å². The van der Waals surface area contributed by atoms with Gasteiger partial charge in [0.15, 0.2) is 0 Å². The van der Waals surface area contributed by atoms with Gasteiger partial charge in [-0.2, -0.15) is 0 Å². The first-order chi connectivity index (χ1) is 11.2. The molecule has 1 aliphatic heterocycles. The second-order valence-electron chi connectivity index (χ2n) is 6.37. The number of ether oxygens (including phenoxy) is 2. The molecule has 0 unspecified atom stereocenters. The van der Waals surface area contributed by atoms with Crippen LogP contribution in [0.3, 0.4) is 0 Å². The predicted molar refractivity (Wildman–Crippen MR) is 90.9 cm³/mol. The maximum Gasteiger partial charge on any atom is 0.317 e. The summed E-state index contributed by atoms with van der Waals surface area (Å²) in [6.45, 7) is 1.28. The topological polar surface area (TPSA) is 50.8 Å². The summed E-state index contributed by atoms with van der Waals surface area (Å²) in [4.78, 5) is 15.7. The van der Waals surface area contributed by atoms with Crippen LogP contribution in [0, 0.1) is 0 Å². The normalized spacial score (nSPS) is 27.3. The molecule has 0 radical (unpaired) electrons. The summed E-state index contributed by atoms with van der Waals surface area (Å²) in [5.74, 6) is 0. The molecule has 6 heteroatoms. The SMILES string of the molecule is COC1CCC(N(C)C(=O)NC[C@H]2OCCc3sccc32)CC1. The Balaban J connectivity index is 1.48. The zero-order chi connectivity index (χ0) is 16.2. The first kappa shape index (κ1) is 16.7. The average Bonchev–Trinajstić information content (AvgIpc) is 3.08. The van der Waals surface area contributed by atoms with E-state index in [0.29, 0.717) is 18.7 Å². The lowest BCUT2D eigenvalue weighted by Crippen LogP contribution is -2.46. The first-order valence-electron chi connectivity index (χ1n) is 8.40. The van der Waals surface area contributed by atoms with Gasteiger partial charge in [0.1, 0.15) is 6.10 Å². The molecule has 1 saturated carbocycles. The van der Waals surface area contributed by atoms with Gasteiger partial charge in [-0.1, -0.05) is 0 Å². The maximum absolute atomic E-state index is 12.4. The van der Waals surface area contributed by atoms with E-state index in [-0.39, 0.29) is 12.1 Å². The number of rotatable bonds is 4. The average molecular weight is 338 g/mol. The largest absolute Gasteiger partial charge is 0.381 e. The Morgan fingerprint density at radius 2 is 2.22 bits per heavy atom. The molecule has 0 aromatic carbocycles.